The first kappa shape index (κ1) is 20.4. The highest BCUT2D eigenvalue weighted by atomic mass is 16.5. The lowest BCUT2D eigenvalue weighted by Crippen LogP contribution is -2.32. The monoisotopic (exact) mass is 407 g/mol. The number of amides is 1. The minimum Gasteiger partial charge on any atom is -0.454 e. The molecule has 1 aromatic heterocycles. The maximum absolute atomic E-state index is 11.9. The third-order valence-corrected chi connectivity index (χ3v) is 3.75. The summed E-state index contributed by atoms with van der Waals surface area (Å²) in [5.41, 5.74) is 0.506. The Bertz CT molecular complexity index is 1170. The first-order chi connectivity index (χ1) is 14.5. The van der Waals surface area contributed by atoms with Crippen molar-refractivity contribution in [2.75, 3.05) is 11.9 Å². The number of benzene rings is 2. The Morgan fingerprint density at radius 2 is 1.60 bits per heavy atom. The molecule has 2 aromatic carbocycles. The van der Waals surface area contributed by atoms with E-state index in [4.69, 9.17) is 4.74 Å². The van der Waals surface area contributed by atoms with Crippen molar-refractivity contribution in [1.29, 1.82) is 0 Å². The van der Waals surface area contributed by atoms with E-state index in [1.165, 1.54) is 6.20 Å². The van der Waals surface area contributed by atoms with Crippen molar-refractivity contribution in [3.05, 3.63) is 87.7 Å². The molecular weight excluding hydrogens is 390 g/mol. The number of carbonyl (C=O) groups excluding carboxylic acids is 2. The third kappa shape index (κ3) is 6.09. The SMILES string of the molecule is O=C(COC(=O)Cn1ccc(=O)[nH]c1=O)Nc1ccc(N=Nc2ccccc2)cc1. The van der Waals surface area contributed by atoms with Crippen LogP contribution in [-0.4, -0.2) is 28.0 Å². The second-order valence-electron chi connectivity index (χ2n) is 6.03. The summed E-state index contributed by atoms with van der Waals surface area (Å²) in [4.78, 5) is 48.2. The number of aromatic amines is 1. The first-order valence-corrected chi connectivity index (χ1v) is 8.82. The number of rotatable bonds is 7. The Morgan fingerprint density at radius 3 is 2.27 bits per heavy atom. The summed E-state index contributed by atoms with van der Waals surface area (Å²) in [7, 11) is 0. The first-order valence-electron chi connectivity index (χ1n) is 8.82. The molecule has 0 fully saturated rings. The molecule has 0 aliphatic heterocycles. The number of carbonyl (C=O) groups is 2. The summed E-state index contributed by atoms with van der Waals surface area (Å²) in [6, 6.07) is 17.0. The van der Waals surface area contributed by atoms with Crippen molar-refractivity contribution >= 4 is 28.9 Å². The van der Waals surface area contributed by atoms with Crippen LogP contribution >= 0.6 is 0 Å². The van der Waals surface area contributed by atoms with Crippen molar-refractivity contribution in [2.45, 2.75) is 6.54 Å². The molecule has 0 saturated heterocycles. The number of hydrogen-bond acceptors (Lipinski definition) is 7. The lowest BCUT2D eigenvalue weighted by atomic mass is 10.3. The van der Waals surface area contributed by atoms with Crippen LogP contribution in [0.1, 0.15) is 0 Å². The number of nitrogens with zero attached hydrogens (tertiary/aromatic N) is 3. The smallest absolute Gasteiger partial charge is 0.328 e. The van der Waals surface area contributed by atoms with Gasteiger partial charge in [0.25, 0.3) is 11.5 Å². The fourth-order valence-electron chi connectivity index (χ4n) is 2.32. The van der Waals surface area contributed by atoms with Crippen LogP contribution in [0.15, 0.2) is 86.7 Å². The van der Waals surface area contributed by atoms with Gasteiger partial charge in [0.1, 0.15) is 6.54 Å². The van der Waals surface area contributed by atoms with E-state index in [-0.39, 0.29) is 0 Å². The Hall–Kier alpha value is -4.34. The lowest BCUT2D eigenvalue weighted by Gasteiger charge is -2.07. The Morgan fingerprint density at radius 1 is 0.933 bits per heavy atom. The van der Waals surface area contributed by atoms with E-state index in [0.29, 0.717) is 11.4 Å². The number of hydrogen-bond donors (Lipinski definition) is 2. The highest BCUT2D eigenvalue weighted by molar-refractivity contribution is 5.92. The fraction of sp³-hybridized carbons (Fsp3) is 0.100. The van der Waals surface area contributed by atoms with Gasteiger partial charge in [0, 0.05) is 18.0 Å². The van der Waals surface area contributed by atoms with Crippen LogP contribution in [0.2, 0.25) is 0 Å². The topological polar surface area (TPSA) is 135 Å². The minimum atomic E-state index is -0.795. The Balaban J connectivity index is 1.47. The summed E-state index contributed by atoms with van der Waals surface area (Å²) in [5, 5.41) is 10.8. The molecule has 0 radical (unpaired) electrons. The van der Waals surface area contributed by atoms with Gasteiger partial charge in [0.05, 0.1) is 11.4 Å². The van der Waals surface area contributed by atoms with Gasteiger partial charge >= 0.3 is 11.7 Å². The Kier molecular flexibility index (Phi) is 6.62. The van der Waals surface area contributed by atoms with E-state index < -0.39 is 36.3 Å². The number of ether oxygens (including phenoxy) is 1. The molecular formula is C20H17N5O5. The molecule has 10 nitrogen and oxygen atoms in total. The van der Waals surface area contributed by atoms with E-state index in [1.54, 1.807) is 24.3 Å². The van der Waals surface area contributed by atoms with E-state index in [9.17, 15) is 19.2 Å². The van der Waals surface area contributed by atoms with Gasteiger partial charge in [0.15, 0.2) is 6.61 Å². The molecule has 0 spiro atoms. The van der Waals surface area contributed by atoms with Crippen molar-refractivity contribution < 1.29 is 14.3 Å². The molecule has 10 heteroatoms. The van der Waals surface area contributed by atoms with E-state index in [2.05, 4.69) is 15.5 Å². The molecule has 0 aliphatic rings. The van der Waals surface area contributed by atoms with Crippen molar-refractivity contribution in [2.24, 2.45) is 10.2 Å². The zero-order valence-corrected chi connectivity index (χ0v) is 15.6. The van der Waals surface area contributed by atoms with Gasteiger partial charge in [-0.05, 0) is 36.4 Å². The highest BCUT2D eigenvalue weighted by Crippen LogP contribution is 2.19. The number of esters is 1. The van der Waals surface area contributed by atoms with Gasteiger partial charge in [0.2, 0.25) is 0 Å². The average Bonchev–Trinajstić information content (AvgIpc) is 2.74. The van der Waals surface area contributed by atoms with Crippen LogP contribution in [0.3, 0.4) is 0 Å². The second kappa shape index (κ2) is 9.73. The predicted molar refractivity (Wildman–Crippen MR) is 108 cm³/mol. The van der Waals surface area contributed by atoms with E-state index in [0.717, 1.165) is 16.3 Å². The number of aromatic nitrogens is 2. The lowest BCUT2D eigenvalue weighted by molar-refractivity contribution is -0.148. The zero-order chi connectivity index (χ0) is 21.3. The standard InChI is InChI=1S/C20H17N5O5/c26-17-10-11-25(20(29)22-17)12-19(28)30-13-18(27)21-14-6-8-16(9-7-14)24-23-15-4-2-1-3-5-15/h1-11H,12-13H2,(H,21,27)(H,22,26,29). The van der Waals surface area contributed by atoms with Gasteiger partial charge in [-0.2, -0.15) is 10.2 Å². The molecule has 3 rings (SSSR count). The molecule has 2 N–H and O–H groups in total. The summed E-state index contributed by atoms with van der Waals surface area (Å²) < 4.78 is 5.80. The molecule has 152 valence electrons. The summed E-state index contributed by atoms with van der Waals surface area (Å²) in [5.74, 6) is -1.34. The van der Waals surface area contributed by atoms with Crippen LogP contribution in [0.4, 0.5) is 17.1 Å². The molecule has 0 aliphatic carbocycles. The number of anilines is 1. The number of azo groups is 1. The number of nitrogens with one attached hydrogen (secondary N) is 2. The van der Waals surface area contributed by atoms with E-state index in [1.807, 2.05) is 35.3 Å². The minimum absolute atomic E-state index is 0.427. The molecule has 0 atom stereocenters. The molecule has 1 amide bonds. The Labute approximate surface area is 169 Å². The van der Waals surface area contributed by atoms with Crippen LogP contribution in [0, 0.1) is 0 Å². The van der Waals surface area contributed by atoms with Gasteiger partial charge < -0.3 is 10.1 Å². The number of H-pyrrole nitrogens is 1. The van der Waals surface area contributed by atoms with Crippen LogP contribution in [-0.2, 0) is 20.9 Å². The average molecular weight is 407 g/mol. The maximum Gasteiger partial charge on any atom is 0.328 e. The summed E-state index contributed by atoms with van der Waals surface area (Å²) in [6.07, 6.45) is 1.17. The predicted octanol–water partition coefficient (Wildman–Crippen LogP) is 2.13. The van der Waals surface area contributed by atoms with Gasteiger partial charge in [-0.1, -0.05) is 18.2 Å². The van der Waals surface area contributed by atoms with Gasteiger partial charge in [-0.25, -0.2) is 4.79 Å². The molecule has 3 aromatic rings. The van der Waals surface area contributed by atoms with Crippen molar-refractivity contribution in [1.82, 2.24) is 9.55 Å². The van der Waals surface area contributed by atoms with Gasteiger partial charge in [-0.3, -0.25) is 23.9 Å². The summed E-state index contributed by atoms with van der Waals surface area (Å²) >= 11 is 0. The van der Waals surface area contributed by atoms with Crippen LogP contribution < -0.4 is 16.6 Å². The highest BCUT2D eigenvalue weighted by Gasteiger charge is 2.10. The second-order valence-corrected chi connectivity index (χ2v) is 6.03. The van der Waals surface area contributed by atoms with Crippen LogP contribution in [0.25, 0.3) is 0 Å². The normalized spacial score (nSPS) is 10.7. The molecule has 30 heavy (non-hydrogen) atoms. The van der Waals surface area contributed by atoms with Gasteiger partial charge in [-0.15, -0.1) is 0 Å². The van der Waals surface area contributed by atoms with E-state index >= 15 is 0 Å². The zero-order valence-electron chi connectivity index (χ0n) is 15.6. The molecule has 0 saturated carbocycles. The third-order valence-electron chi connectivity index (χ3n) is 3.75. The molecule has 1 heterocycles. The largest absolute Gasteiger partial charge is 0.454 e. The fourth-order valence-corrected chi connectivity index (χ4v) is 2.32. The molecule has 0 unspecified atom stereocenters. The summed E-state index contributed by atoms with van der Waals surface area (Å²) in [6.45, 7) is -0.948. The quantitative estimate of drug-likeness (QED) is 0.457. The van der Waals surface area contributed by atoms with Crippen molar-refractivity contribution in [3.8, 4) is 0 Å². The van der Waals surface area contributed by atoms with Crippen molar-refractivity contribution in [3.63, 3.8) is 0 Å². The molecule has 0 bridgehead atoms. The van der Waals surface area contributed by atoms with Crippen LogP contribution in [0.5, 0.6) is 0 Å². The maximum atomic E-state index is 11.9.